The lowest BCUT2D eigenvalue weighted by Gasteiger charge is -2.16. The normalized spacial score (nSPS) is 15.4. The van der Waals surface area contributed by atoms with Crippen LogP contribution in [0.4, 0.5) is 23.8 Å². The zero-order valence-electron chi connectivity index (χ0n) is 22.8. The lowest BCUT2D eigenvalue weighted by atomic mass is 10.0. The van der Waals surface area contributed by atoms with E-state index in [4.69, 9.17) is 9.47 Å². The maximum absolute atomic E-state index is 13.5. The maximum atomic E-state index is 13.5. The Kier molecular flexibility index (Phi) is 9.00. The van der Waals surface area contributed by atoms with E-state index in [-0.39, 0.29) is 34.7 Å². The number of nitrogens with one attached hydrogen (secondary N) is 2. The second-order valence-corrected chi connectivity index (χ2v) is 10.8. The van der Waals surface area contributed by atoms with Crippen LogP contribution < -0.4 is 15.4 Å². The van der Waals surface area contributed by atoms with Crippen LogP contribution in [0.3, 0.4) is 0 Å². The van der Waals surface area contributed by atoms with Crippen molar-refractivity contribution in [2.24, 2.45) is 10.9 Å². The standard InChI is InChI=1S/C28H29F3N6O4S/c1-2-32-27(39)37-22-11-19(26-36-21(15-42-26)28(29,30)31)20(13-33-22)18-10-17(24-35-14-23(38)41-24)12-34-25(18)40-9-5-8-16-6-3-4-7-16/h10-13,15-16H,2-9,14H2,1H3,(H2,32,33,37,39). The average Bonchev–Trinajstić information content (AvgIpc) is 3.74. The second kappa shape index (κ2) is 12.8. The van der Waals surface area contributed by atoms with Crippen molar-refractivity contribution in [3.05, 3.63) is 41.2 Å². The molecule has 42 heavy (non-hydrogen) atoms. The fourth-order valence-electron chi connectivity index (χ4n) is 4.94. The van der Waals surface area contributed by atoms with Gasteiger partial charge in [-0.2, -0.15) is 13.2 Å². The summed E-state index contributed by atoms with van der Waals surface area (Å²) in [5.41, 5.74) is 0.391. The van der Waals surface area contributed by atoms with E-state index >= 15 is 0 Å². The highest BCUT2D eigenvalue weighted by Crippen LogP contribution is 2.41. The number of alkyl halides is 3. The Morgan fingerprint density at radius 2 is 1.95 bits per heavy atom. The minimum atomic E-state index is -4.64. The first-order chi connectivity index (χ1) is 20.2. The number of cyclic esters (lactones) is 1. The smallest absolute Gasteiger partial charge is 0.434 e. The van der Waals surface area contributed by atoms with Gasteiger partial charge in [-0.05, 0) is 37.8 Å². The molecule has 222 valence electrons. The number of ether oxygens (including phenoxy) is 2. The molecule has 3 aromatic rings. The van der Waals surface area contributed by atoms with Crippen molar-refractivity contribution in [2.45, 2.75) is 51.6 Å². The molecule has 0 atom stereocenters. The molecule has 1 fully saturated rings. The summed E-state index contributed by atoms with van der Waals surface area (Å²) in [7, 11) is 0. The van der Waals surface area contributed by atoms with Crippen molar-refractivity contribution in [3.63, 3.8) is 0 Å². The highest BCUT2D eigenvalue weighted by atomic mass is 32.1. The molecule has 4 heterocycles. The van der Waals surface area contributed by atoms with Gasteiger partial charge in [0, 0.05) is 41.0 Å². The third kappa shape index (κ3) is 7.04. The Hall–Kier alpha value is -4.07. The molecule has 0 aromatic carbocycles. The topological polar surface area (TPSA) is 128 Å². The van der Waals surface area contributed by atoms with Gasteiger partial charge in [-0.25, -0.2) is 29.5 Å². The monoisotopic (exact) mass is 602 g/mol. The number of nitrogens with zero attached hydrogens (tertiary/aromatic N) is 4. The van der Waals surface area contributed by atoms with E-state index in [0.29, 0.717) is 35.8 Å². The Bertz CT molecular complexity index is 1490. The lowest BCUT2D eigenvalue weighted by molar-refractivity contribution is -0.140. The Labute approximate surface area is 243 Å². The van der Waals surface area contributed by atoms with Crippen molar-refractivity contribution in [3.8, 4) is 27.6 Å². The van der Waals surface area contributed by atoms with E-state index in [9.17, 15) is 22.8 Å². The first kappa shape index (κ1) is 29.4. The van der Waals surface area contributed by atoms with Crippen molar-refractivity contribution in [1.29, 1.82) is 0 Å². The largest absolute Gasteiger partial charge is 0.477 e. The number of halogens is 3. The number of amides is 2. The van der Waals surface area contributed by atoms with Crippen LogP contribution in [0.2, 0.25) is 0 Å². The number of hydrogen-bond donors (Lipinski definition) is 2. The summed E-state index contributed by atoms with van der Waals surface area (Å²) in [4.78, 5) is 40.6. The fraction of sp³-hybridized carbons (Fsp3) is 0.429. The van der Waals surface area contributed by atoms with Crippen molar-refractivity contribution < 1.29 is 32.2 Å². The molecule has 1 aliphatic heterocycles. The first-order valence-electron chi connectivity index (χ1n) is 13.7. The third-order valence-electron chi connectivity index (χ3n) is 6.93. The van der Waals surface area contributed by atoms with Gasteiger partial charge in [-0.15, -0.1) is 11.3 Å². The molecule has 3 aromatic heterocycles. The van der Waals surface area contributed by atoms with E-state index in [1.807, 2.05) is 0 Å². The summed E-state index contributed by atoms with van der Waals surface area (Å²) in [6.07, 6.45) is 5.05. The number of anilines is 1. The van der Waals surface area contributed by atoms with Crippen LogP contribution in [0.5, 0.6) is 5.88 Å². The zero-order chi connectivity index (χ0) is 29.7. The Morgan fingerprint density at radius 1 is 1.14 bits per heavy atom. The van der Waals surface area contributed by atoms with Crippen LogP contribution in [0.25, 0.3) is 21.7 Å². The first-order valence-corrected chi connectivity index (χ1v) is 14.6. The number of pyridine rings is 2. The van der Waals surface area contributed by atoms with Gasteiger partial charge >= 0.3 is 18.2 Å². The molecule has 1 aliphatic carbocycles. The number of carbonyl (C=O) groups is 2. The Balaban J connectivity index is 1.54. The van der Waals surface area contributed by atoms with Crippen LogP contribution in [0.1, 0.15) is 56.7 Å². The molecule has 0 unspecified atom stereocenters. The van der Waals surface area contributed by atoms with Crippen LogP contribution in [0, 0.1) is 5.92 Å². The predicted molar refractivity (Wildman–Crippen MR) is 150 cm³/mol. The molecular weight excluding hydrogens is 573 g/mol. The van der Waals surface area contributed by atoms with E-state index < -0.39 is 23.9 Å². The highest BCUT2D eigenvalue weighted by molar-refractivity contribution is 7.13. The third-order valence-corrected chi connectivity index (χ3v) is 7.80. The number of carbonyl (C=O) groups excluding carboxylic acids is 2. The molecule has 0 bridgehead atoms. The average molecular weight is 603 g/mol. The van der Waals surface area contributed by atoms with Gasteiger partial charge in [0.1, 0.15) is 17.4 Å². The molecule has 10 nitrogen and oxygen atoms in total. The lowest BCUT2D eigenvalue weighted by Crippen LogP contribution is -2.28. The molecule has 1 saturated carbocycles. The van der Waals surface area contributed by atoms with Crippen LogP contribution in [0.15, 0.2) is 34.9 Å². The van der Waals surface area contributed by atoms with Gasteiger partial charge in [0.05, 0.1) is 12.2 Å². The fourth-order valence-corrected chi connectivity index (χ4v) is 5.80. The van der Waals surface area contributed by atoms with Crippen LogP contribution in [-0.4, -0.2) is 52.5 Å². The Morgan fingerprint density at radius 3 is 2.64 bits per heavy atom. The summed E-state index contributed by atoms with van der Waals surface area (Å²) in [5, 5.41) is 6.16. The summed E-state index contributed by atoms with van der Waals surface area (Å²) >= 11 is 0.806. The van der Waals surface area contributed by atoms with Crippen molar-refractivity contribution in [2.75, 3.05) is 25.0 Å². The van der Waals surface area contributed by atoms with Gasteiger partial charge in [0.25, 0.3) is 0 Å². The number of rotatable bonds is 10. The summed E-state index contributed by atoms with van der Waals surface area (Å²) in [6, 6.07) is 2.58. The summed E-state index contributed by atoms with van der Waals surface area (Å²) in [5.74, 6) is 0.603. The zero-order valence-corrected chi connectivity index (χ0v) is 23.6. The molecular formula is C28H29F3N6O4S. The van der Waals surface area contributed by atoms with E-state index in [1.165, 1.54) is 44.1 Å². The van der Waals surface area contributed by atoms with E-state index in [2.05, 4.69) is 30.6 Å². The van der Waals surface area contributed by atoms with Crippen molar-refractivity contribution >= 4 is 35.1 Å². The minimum absolute atomic E-state index is 0.0564. The molecule has 0 saturated heterocycles. The molecule has 0 spiro atoms. The molecule has 2 aliphatic rings. The van der Waals surface area contributed by atoms with Gasteiger partial charge < -0.3 is 14.8 Å². The summed E-state index contributed by atoms with van der Waals surface area (Å²) < 4.78 is 51.7. The quantitative estimate of drug-likeness (QED) is 0.213. The van der Waals surface area contributed by atoms with E-state index in [0.717, 1.165) is 29.6 Å². The number of aliphatic imine (C=N–C) groups is 1. The molecule has 14 heteroatoms. The number of urea groups is 1. The molecule has 2 amide bonds. The van der Waals surface area contributed by atoms with E-state index in [1.54, 1.807) is 13.0 Å². The SMILES string of the molecule is CCNC(=O)Nc1cc(-c2nc(C(F)(F)F)cs2)c(-c2cc(C3=NCC(=O)O3)cnc2OCCCC2CCCC2)cn1. The maximum Gasteiger partial charge on any atom is 0.434 e. The second-order valence-electron chi connectivity index (χ2n) is 9.95. The molecule has 5 rings (SSSR count). The summed E-state index contributed by atoms with van der Waals surface area (Å²) in [6.45, 7) is 2.38. The highest BCUT2D eigenvalue weighted by Gasteiger charge is 2.34. The number of esters is 1. The van der Waals surface area contributed by atoms with Gasteiger partial charge in [0.2, 0.25) is 11.8 Å². The predicted octanol–water partition coefficient (Wildman–Crippen LogP) is 6.08. The van der Waals surface area contributed by atoms with Crippen LogP contribution >= 0.6 is 11.3 Å². The molecule has 2 N–H and O–H groups in total. The van der Waals surface area contributed by atoms with Crippen LogP contribution in [-0.2, 0) is 15.7 Å². The van der Waals surface area contributed by atoms with Crippen molar-refractivity contribution in [1.82, 2.24) is 20.3 Å². The number of hydrogen-bond acceptors (Lipinski definition) is 9. The molecule has 0 radical (unpaired) electrons. The van der Waals surface area contributed by atoms with Gasteiger partial charge in [-0.3, -0.25) is 5.32 Å². The van der Waals surface area contributed by atoms with Gasteiger partial charge in [-0.1, -0.05) is 25.7 Å². The van der Waals surface area contributed by atoms with Gasteiger partial charge in [0.15, 0.2) is 5.69 Å². The number of aromatic nitrogens is 3. The number of thiazole rings is 1. The minimum Gasteiger partial charge on any atom is -0.477 e.